The van der Waals surface area contributed by atoms with Gasteiger partial charge in [0.15, 0.2) is 0 Å². The van der Waals surface area contributed by atoms with Gasteiger partial charge in [0.2, 0.25) is 10.0 Å². The van der Waals surface area contributed by atoms with Crippen molar-refractivity contribution in [3.63, 3.8) is 0 Å². The molecule has 1 unspecified atom stereocenters. The molecule has 20 heavy (non-hydrogen) atoms. The lowest BCUT2D eigenvalue weighted by atomic mass is 10.3. The number of hydrogen-bond acceptors (Lipinski definition) is 6. The molecule has 1 saturated heterocycles. The van der Waals surface area contributed by atoms with Crippen molar-refractivity contribution in [1.29, 1.82) is 0 Å². The molecule has 2 heterocycles. The summed E-state index contributed by atoms with van der Waals surface area (Å²) in [6.07, 6.45) is -0.323. The summed E-state index contributed by atoms with van der Waals surface area (Å²) in [7, 11) is -3.74. The second kappa shape index (κ2) is 6.19. The van der Waals surface area contributed by atoms with Crippen LogP contribution in [0.1, 0.15) is 14.5 Å². The Morgan fingerprint density at radius 2 is 2.30 bits per heavy atom. The van der Waals surface area contributed by atoms with Gasteiger partial charge in [-0.3, -0.25) is 0 Å². The summed E-state index contributed by atoms with van der Waals surface area (Å²) >= 11 is 0.936. The highest BCUT2D eigenvalue weighted by molar-refractivity contribution is 7.89. The molecule has 0 bridgehead atoms. The molecule has 7 nitrogen and oxygen atoms in total. The molecular formula is C11H15NO6S2. The number of thiophene rings is 1. The van der Waals surface area contributed by atoms with Gasteiger partial charge < -0.3 is 14.6 Å². The molecule has 2 rings (SSSR count). The number of aryl methyl sites for hydroxylation is 1. The lowest BCUT2D eigenvalue weighted by molar-refractivity contribution is -0.0846. The van der Waals surface area contributed by atoms with Crippen molar-refractivity contribution in [3.05, 3.63) is 15.8 Å². The fourth-order valence-electron chi connectivity index (χ4n) is 1.77. The molecule has 0 radical (unpaired) electrons. The van der Waals surface area contributed by atoms with E-state index in [0.29, 0.717) is 24.7 Å². The molecule has 0 aliphatic carbocycles. The fourth-order valence-corrected chi connectivity index (χ4v) is 4.27. The van der Waals surface area contributed by atoms with Gasteiger partial charge in [-0.05, 0) is 13.0 Å². The van der Waals surface area contributed by atoms with Crippen molar-refractivity contribution in [2.45, 2.75) is 17.9 Å². The lowest BCUT2D eigenvalue weighted by Gasteiger charge is -2.22. The highest BCUT2D eigenvalue weighted by Gasteiger charge is 2.24. The fraction of sp³-hybridized carbons (Fsp3) is 0.545. The molecule has 112 valence electrons. The largest absolute Gasteiger partial charge is 0.477 e. The number of sulfonamides is 1. The first kappa shape index (κ1) is 15.4. The summed E-state index contributed by atoms with van der Waals surface area (Å²) in [6, 6.07) is 1.17. The smallest absolute Gasteiger partial charge is 0.345 e. The molecule has 0 aromatic carbocycles. The highest BCUT2D eigenvalue weighted by Crippen LogP contribution is 2.25. The van der Waals surface area contributed by atoms with Crippen LogP contribution in [0.4, 0.5) is 0 Å². The second-order valence-corrected chi connectivity index (χ2v) is 7.25. The predicted octanol–water partition coefficient (Wildman–Crippen LogP) is 0.448. The molecular weight excluding hydrogens is 306 g/mol. The van der Waals surface area contributed by atoms with Crippen LogP contribution >= 0.6 is 11.3 Å². The van der Waals surface area contributed by atoms with Gasteiger partial charge in [0, 0.05) is 11.4 Å². The Morgan fingerprint density at radius 1 is 1.55 bits per heavy atom. The second-order valence-electron chi connectivity index (χ2n) is 4.26. The van der Waals surface area contributed by atoms with Crippen molar-refractivity contribution < 1.29 is 27.8 Å². The maximum atomic E-state index is 12.1. The molecule has 1 aromatic heterocycles. The number of carboxylic acids is 1. The number of nitrogens with one attached hydrogen (secondary N) is 1. The summed E-state index contributed by atoms with van der Waals surface area (Å²) in [5, 5.41) is 8.88. The Balaban J connectivity index is 2.07. The summed E-state index contributed by atoms with van der Waals surface area (Å²) in [5.41, 5.74) is 0. The summed E-state index contributed by atoms with van der Waals surface area (Å²) in [4.78, 5) is 11.3. The van der Waals surface area contributed by atoms with E-state index in [-0.39, 0.29) is 22.4 Å². The van der Waals surface area contributed by atoms with E-state index in [1.54, 1.807) is 6.92 Å². The zero-order valence-electron chi connectivity index (χ0n) is 10.8. The minimum Gasteiger partial charge on any atom is -0.477 e. The van der Waals surface area contributed by atoms with E-state index < -0.39 is 16.0 Å². The van der Waals surface area contributed by atoms with Gasteiger partial charge in [-0.15, -0.1) is 11.3 Å². The maximum absolute atomic E-state index is 12.1. The first-order valence-corrected chi connectivity index (χ1v) is 8.23. The summed E-state index contributed by atoms with van der Waals surface area (Å²) in [6.45, 7) is 2.96. The normalized spacial score (nSPS) is 19.9. The Hall–Kier alpha value is -1.00. The molecule has 1 fully saturated rings. The number of ether oxygens (including phenoxy) is 2. The Kier molecular flexibility index (Phi) is 4.76. The average Bonchev–Trinajstić information content (AvgIpc) is 2.81. The third kappa shape index (κ3) is 3.55. The van der Waals surface area contributed by atoms with Gasteiger partial charge in [-0.1, -0.05) is 0 Å². The number of hydrogen-bond donors (Lipinski definition) is 2. The van der Waals surface area contributed by atoms with Crippen LogP contribution in [0.5, 0.6) is 0 Å². The van der Waals surface area contributed by atoms with Crippen molar-refractivity contribution in [1.82, 2.24) is 4.72 Å². The van der Waals surface area contributed by atoms with Gasteiger partial charge in [0.25, 0.3) is 0 Å². The van der Waals surface area contributed by atoms with E-state index in [4.69, 9.17) is 14.6 Å². The summed E-state index contributed by atoms with van der Waals surface area (Å²) < 4.78 is 37.2. The van der Waals surface area contributed by atoms with Crippen LogP contribution in [0, 0.1) is 6.92 Å². The van der Waals surface area contributed by atoms with E-state index in [1.807, 2.05) is 0 Å². The number of carbonyl (C=O) groups is 1. The monoisotopic (exact) mass is 321 g/mol. The van der Waals surface area contributed by atoms with Crippen LogP contribution in [0.25, 0.3) is 0 Å². The Morgan fingerprint density at radius 3 is 2.85 bits per heavy atom. The molecule has 1 aliphatic rings. The summed E-state index contributed by atoms with van der Waals surface area (Å²) in [5.74, 6) is -1.14. The maximum Gasteiger partial charge on any atom is 0.345 e. The quantitative estimate of drug-likeness (QED) is 0.816. The van der Waals surface area contributed by atoms with Gasteiger partial charge in [0.1, 0.15) is 4.88 Å². The Labute approximate surface area is 120 Å². The van der Waals surface area contributed by atoms with Crippen LogP contribution in [0.3, 0.4) is 0 Å². The van der Waals surface area contributed by atoms with Crippen molar-refractivity contribution in [2.24, 2.45) is 0 Å². The molecule has 1 atom stereocenters. The number of aromatic carboxylic acids is 1. The third-order valence-corrected chi connectivity index (χ3v) is 5.48. The molecule has 1 aliphatic heterocycles. The topological polar surface area (TPSA) is 102 Å². The van der Waals surface area contributed by atoms with E-state index >= 15 is 0 Å². The molecule has 2 N–H and O–H groups in total. The molecule has 0 amide bonds. The van der Waals surface area contributed by atoms with E-state index in [9.17, 15) is 13.2 Å². The van der Waals surface area contributed by atoms with Gasteiger partial charge in [-0.2, -0.15) is 0 Å². The van der Waals surface area contributed by atoms with Crippen LogP contribution < -0.4 is 4.72 Å². The lowest BCUT2D eigenvalue weighted by Crippen LogP contribution is -2.39. The minimum atomic E-state index is -3.74. The van der Waals surface area contributed by atoms with Gasteiger partial charge in [-0.25, -0.2) is 17.9 Å². The average molecular weight is 321 g/mol. The molecule has 0 spiro atoms. The first-order valence-electron chi connectivity index (χ1n) is 5.93. The molecule has 1 aromatic rings. The zero-order valence-corrected chi connectivity index (χ0v) is 12.4. The van der Waals surface area contributed by atoms with Crippen LogP contribution in [-0.2, 0) is 19.5 Å². The van der Waals surface area contributed by atoms with Gasteiger partial charge >= 0.3 is 5.97 Å². The van der Waals surface area contributed by atoms with Crippen molar-refractivity contribution in [2.75, 3.05) is 26.4 Å². The van der Waals surface area contributed by atoms with E-state index in [1.165, 1.54) is 6.07 Å². The van der Waals surface area contributed by atoms with Gasteiger partial charge in [0.05, 0.1) is 30.8 Å². The van der Waals surface area contributed by atoms with Crippen LogP contribution in [0.2, 0.25) is 0 Å². The zero-order chi connectivity index (χ0) is 14.8. The minimum absolute atomic E-state index is 0.000115. The highest BCUT2D eigenvalue weighted by atomic mass is 32.2. The van der Waals surface area contributed by atoms with Crippen LogP contribution in [-0.4, -0.2) is 52.0 Å². The predicted molar refractivity (Wildman–Crippen MR) is 71.8 cm³/mol. The number of carboxylic acid groups (broad SMARTS) is 1. The number of rotatable bonds is 5. The van der Waals surface area contributed by atoms with Crippen molar-refractivity contribution >= 4 is 27.3 Å². The SMILES string of the molecule is Cc1sc(C(=O)O)cc1S(=O)(=O)NCC1COCCO1. The first-order chi connectivity index (χ1) is 9.40. The van der Waals surface area contributed by atoms with Crippen molar-refractivity contribution in [3.8, 4) is 0 Å². The molecule has 0 saturated carbocycles. The van der Waals surface area contributed by atoms with E-state index in [0.717, 1.165) is 11.3 Å². The van der Waals surface area contributed by atoms with Crippen LogP contribution in [0.15, 0.2) is 11.0 Å². The standard InChI is InChI=1S/C11H15NO6S2/c1-7-10(4-9(19-7)11(13)14)20(15,16)12-5-8-6-17-2-3-18-8/h4,8,12H,2-3,5-6H2,1H3,(H,13,14). The Bertz CT molecular complexity index is 588. The third-order valence-electron chi connectivity index (χ3n) is 2.76. The molecule has 9 heteroatoms. The van der Waals surface area contributed by atoms with E-state index in [2.05, 4.69) is 4.72 Å².